The number of H-pyrrole nitrogens is 1. The summed E-state index contributed by atoms with van der Waals surface area (Å²) in [7, 11) is 1.82. The molecule has 0 amide bonds. The maximum atomic E-state index is 12.5. The average molecular weight is 460 g/mol. The van der Waals surface area contributed by atoms with Crippen LogP contribution in [0.3, 0.4) is 0 Å². The summed E-state index contributed by atoms with van der Waals surface area (Å²) in [5.41, 5.74) is 3.40. The molecule has 2 N–H and O–H groups in total. The summed E-state index contributed by atoms with van der Waals surface area (Å²) in [4.78, 5) is 19.6. The van der Waals surface area contributed by atoms with Crippen molar-refractivity contribution in [3.63, 3.8) is 0 Å². The van der Waals surface area contributed by atoms with Gasteiger partial charge in [0.25, 0.3) is 0 Å². The number of hydrogen-bond donors (Lipinski definition) is 2. The van der Waals surface area contributed by atoms with Gasteiger partial charge in [-0.3, -0.25) is 4.79 Å². The molecule has 1 aliphatic rings. The van der Waals surface area contributed by atoms with Crippen molar-refractivity contribution >= 4 is 10.9 Å². The highest BCUT2D eigenvalue weighted by Gasteiger charge is 2.37. The van der Waals surface area contributed by atoms with Gasteiger partial charge < -0.3 is 19.4 Å². The summed E-state index contributed by atoms with van der Waals surface area (Å²) in [6, 6.07) is 22.1. The number of pyridine rings is 1. The summed E-state index contributed by atoms with van der Waals surface area (Å²) >= 11 is 0. The van der Waals surface area contributed by atoms with Crippen molar-refractivity contribution in [2.75, 3.05) is 0 Å². The smallest absolute Gasteiger partial charge is 0.249 e. The zero-order valence-corrected chi connectivity index (χ0v) is 18.8. The molecule has 0 saturated carbocycles. The number of aromatic nitrogens is 3. The van der Waals surface area contributed by atoms with E-state index in [1.54, 1.807) is 47.4 Å². The zero-order valence-electron chi connectivity index (χ0n) is 18.8. The molecule has 0 saturated heterocycles. The Morgan fingerprint density at radius 1 is 1.11 bits per heavy atom. The third-order valence-electron chi connectivity index (χ3n) is 6.60. The Morgan fingerprint density at radius 2 is 1.94 bits per heavy atom. The number of nitrogens with zero attached hydrogens (tertiary/aromatic N) is 3. The second-order valence-electron chi connectivity index (χ2n) is 8.72. The van der Waals surface area contributed by atoms with E-state index in [2.05, 4.69) is 16.0 Å². The lowest BCUT2D eigenvalue weighted by molar-refractivity contribution is 0.117. The highest BCUT2D eigenvalue weighted by molar-refractivity contribution is 5.95. The van der Waals surface area contributed by atoms with Crippen LogP contribution in [0.15, 0.2) is 84.0 Å². The molecular formula is C28H20N4O3. The first-order valence-electron chi connectivity index (χ1n) is 11.1. The molecule has 5 aromatic rings. The maximum absolute atomic E-state index is 12.5. The van der Waals surface area contributed by atoms with Gasteiger partial charge in [-0.05, 0) is 58.1 Å². The number of imidazole rings is 1. The Kier molecular flexibility index (Phi) is 4.59. The number of benzene rings is 3. The molecule has 3 aromatic carbocycles. The highest BCUT2D eigenvalue weighted by Crippen LogP contribution is 2.41. The van der Waals surface area contributed by atoms with Crippen molar-refractivity contribution < 1.29 is 9.84 Å². The van der Waals surface area contributed by atoms with Crippen molar-refractivity contribution in [3.05, 3.63) is 118 Å². The molecule has 3 heterocycles. The monoisotopic (exact) mass is 460 g/mol. The molecule has 0 aliphatic carbocycles. The molecule has 7 heteroatoms. The minimum absolute atomic E-state index is 0.210. The highest BCUT2D eigenvalue weighted by atomic mass is 16.5. The molecular weight excluding hydrogens is 440 g/mol. The topological polar surface area (TPSA) is 104 Å². The molecule has 7 nitrogen and oxygen atoms in total. The van der Waals surface area contributed by atoms with Gasteiger partial charge >= 0.3 is 0 Å². The first-order valence-corrected chi connectivity index (χ1v) is 11.1. The van der Waals surface area contributed by atoms with Crippen LogP contribution in [0, 0.1) is 11.3 Å². The summed E-state index contributed by atoms with van der Waals surface area (Å²) in [6.45, 7) is 0.222. The fourth-order valence-electron chi connectivity index (χ4n) is 4.83. The quantitative estimate of drug-likeness (QED) is 0.394. The lowest BCUT2D eigenvalue weighted by Gasteiger charge is -2.30. The number of aromatic amines is 1. The van der Waals surface area contributed by atoms with E-state index in [1.165, 1.54) is 0 Å². The van der Waals surface area contributed by atoms with Gasteiger partial charge in [-0.2, -0.15) is 5.26 Å². The number of nitrogens with one attached hydrogen (secondary N) is 1. The first-order chi connectivity index (χ1) is 17.0. The van der Waals surface area contributed by atoms with Gasteiger partial charge in [-0.25, -0.2) is 4.98 Å². The van der Waals surface area contributed by atoms with Gasteiger partial charge in [0, 0.05) is 24.0 Å². The molecule has 1 aliphatic heterocycles. The van der Waals surface area contributed by atoms with E-state index in [0.717, 1.165) is 22.1 Å². The third kappa shape index (κ3) is 3.23. The standard InChI is InChI=1S/C28H20N4O3/c1-32-16-30-14-26(32)28(34)20-7-8-24-23(10-20)22(12-27(33)31-24)18-4-2-3-17(9-18)15-35-25-11-21(28)6-5-19(25)13-29/h2-12,14,16,34H,15H2,1H3,(H,31,33). The van der Waals surface area contributed by atoms with Crippen LogP contribution in [-0.4, -0.2) is 19.6 Å². The lowest BCUT2D eigenvalue weighted by atomic mass is 9.82. The number of aryl methyl sites for hydroxylation is 1. The fraction of sp³-hybridized carbons (Fsp3) is 0.107. The molecule has 0 fully saturated rings. The Hall–Kier alpha value is -4.67. The Bertz CT molecular complexity index is 1730. The van der Waals surface area contributed by atoms with Crippen molar-refractivity contribution in [1.29, 1.82) is 5.26 Å². The Morgan fingerprint density at radius 3 is 2.74 bits per heavy atom. The fourth-order valence-corrected chi connectivity index (χ4v) is 4.83. The van der Waals surface area contributed by atoms with E-state index < -0.39 is 5.60 Å². The van der Waals surface area contributed by atoms with Crippen LogP contribution in [-0.2, 0) is 19.3 Å². The maximum Gasteiger partial charge on any atom is 0.249 e. The molecule has 170 valence electrons. The van der Waals surface area contributed by atoms with E-state index in [0.29, 0.717) is 33.7 Å². The van der Waals surface area contributed by atoms with Crippen LogP contribution in [0.2, 0.25) is 0 Å². The summed E-state index contributed by atoms with van der Waals surface area (Å²) in [5, 5.41) is 22.9. The van der Waals surface area contributed by atoms with Crippen LogP contribution >= 0.6 is 0 Å². The molecule has 6 rings (SSSR count). The van der Waals surface area contributed by atoms with Gasteiger partial charge in [0.15, 0.2) is 5.60 Å². The van der Waals surface area contributed by atoms with Gasteiger partial charge in [0.1, 0.15) is 18.4 Å². The Balaban J connectivity index is 1.75. The summed E-state index contributed by atoms with van der Waals surface area (Å²) in [6.07, 6.45) is 3.25. The van der Waals surface area contributed by atoms with Crippen LogP contribution in [0.25, 0.3) is 22.0 Å². The minimum Gasteiger partial charge on any atom is -0.488 e. The number of aliphatic hydroxyl groups is 1. The number of ether oxygens (including phenoxy) is 1. The second-order valence-corrected chi connectivity index (χ2v) is 8.72. The molecule has 35 heavy (non-hydrogen) atoms. The summed E-state index contributed by atoms with van der Waals surface area (Å²) < 4.78 is 7.86. The van der Waals surface area contributed by atoms with E-state index in [9.17, 15) is 15.2 Å². The van der Waals surface area contributed by atoms with Crippen LogP contribution in [0.1, 0.15) is 27.9 Å². The van der Waals surface area contributed by atoms with E-state index in [1.807, 2.05) is 43.4 Å². The average Bonchev–Trinajstić information content (AvgIpc) is 3.32. The predicted octanol–water partition coefficient (Wildman–Crippen LogP) is 3.98. The number of hydrogen-bond acceptors (Lipinski definition) is 5. The van der Waals surface area contributed by atoms with Crippen LogP contribution in [0.4, 0.5) is 0 Å². The van der Waals surface area contributed by atoms with Gasteiger partial charge in [-0.15, -0.1) is 0 Å². The molecule has 0 spiro atoms. The molecule has 6 bridgehead atoms. The third-order valence-corrected chi connectivity index (χ3v) is 6.60. The number of fused-ring (bicyclic) bond motifs is 6. The molecule has 0 radical (unpaired) electrons. The second kappa shape index (κ2) is 7.69. The molecule has 1 unspecified atom stereocenters. The van der Waals surface area contributed by atoms with Gasteiger partial charge in [0.2, 0.25) is 5.56 Å². The van der Waals surface area contributed by atoms with E-state index >= 15 is 0 Å². The van der Waals surface area contributed by atoms with E-state index in [-0.39, 0.29) is 12.2 Å². The van der Waals surface area contributed by atoms with Crippen LogP contribution in [0.5, 0.6) is 5.75 Å². The first kappa shape index (κ1) is 20.9. The Labute approximate surface area is 200 Å². The molecule has 1 atom stereocenters. The van der Waals surface area contributed by atoms with Crippen LogP contribution < -0.4 is 10.3 Å². The van der Waals surface area contributed by atoms with Gasteiger partial charge in [-0.1, -0.05) is 30.3 Å². The van der Waals surface area contributed by atoms with Gasteiger partial charge in [0.05, 0.1) is 23.8 Å². The number of rotatable bonds is 1. The zero-order chi connectivity index (χ0) is 24.2. The summed E-state index contributed by atoms with van der Waals surface area (Å²) in [5.74, 6) is 0.379. The normalized spacial score (nSPS) is 16.6. The SMILES string of the molecule is Cn1cncc1C1(O)c2ccc(C#N)c(c2)OCc2cccc(c2)-c2cc(=O)[nH]c3ccc1cc23. The molecule has 2 aromatic heterocycles. The minimum atomic E-state index is -1.61. The van der Waals surface area contributed by atoms with Crippen molar-refractivity contribution in [2.24, 2.45) is 7.05 Å². The van der Waals surface area contributed by atoms with Crippen molar-refractivity contribution in [1.82, 2.24) is 14.5 Å². The lowest BCUT2D eigenvalue weighted by Crippen LogP contribution is -2.31. The number of nitriles is 1. The van der Waals surface area contributed by atoms with Crippen molar-refractivity contribution in [3.8, 4) is 22.9 Å². The van der Waals surface area contributed by atoms with Crippen molar-refractivity contribution in [2.45, 2.75) is 12.2 Å². The predicted molar refractivity (Wildman–Crippen MR) is 131 cm³/mol. The largest absolute Gasteiger partial charge is 0.488 e. The van der Waals surface area contributed by atoms with E-state index in [4.69, 9.17) is 4.74 Å².